The topological polar surface area (TPSA) is 12.5 Å². The fourth-order valence-corrected chi connectivity index (χ4v) is 4.57. The van der Waals surface area contributed by atoms with Crippen LogP contribution in [0.15, 0.2) is 42.5 Å². The fourth-order valence-electron chi connectivity index (χ4n) is 4.57. The van der Waals surface area contributed by atoms with E-state index in [9.17, 15) is 26.3 Å². The molecule has 2 unspecified atom stereocenters. The van der Waals surface area contributed by atoms with Gasteiger partial charge in [-0.3, -0.25) is 4.90 Å². The zero-order valence-electron chi connectivity index (χ0n) is 18.0. The molecule has 0 aliphatic carbocycles. The summed E-state index contributed by atoms with van der Waals surface area (Å²) in [5.41, 5.74) is -3.21. The minimum Gasteiger partial charge on any atom is -0.496 e. The van der Waals surface area contributed by atoms with Crippen LogP contribution in [-0.2, 0) is 24.3 Å². The van der Waals surface area contributed by atoms with Gasteiger partial charge in [-0.2, -0.15) is 26.3 Å². The van der Waals surface area contributed by atoms with E-state index >= 15 is 0 Å². The molecule has 0 amide bonds. The molecule has 1 fully saturated rings. The molecule has 175 valence electrons. The van der Waals surface area contributed by atoms with Gasteiger partial charge in [0.05, 0.1) is 23.8 Å². The summed E-state index contributed by atoms with van der Waals surface area (Å²) in [4.78, 5) is 2.07. The summed E-state index contributed by atoms with van der Waals surface area (Å²) < 4.78 is 86.0. The van der Waals surface area contributed by atoms with Gasteiger partial charge in [-0.05, 0) is 69.5 Å². The first-order chi connectivity index (χ1) is 14.9. The zero-order chi connectivity index (χ0) is 23.7. The van der Waals surface area contributed by atoms with Gasteiger partial charge in [0.1, 0.15) is 5.75 Å². The van der Waals surface area contributed by atoms with Crippen molar-refractivity contribution >= 4 is 0 Å². The summed E-state index contributed by atoms with van der Waals surface area (Å²) in [7, 11) is 1.48. The highest BCUT2D eigenvalue weighted by molar-refractivity contribution is 5.43. The summed E-state index contributed by atoms with van der Waals surface area (Å²) in [5.74, 6) is 0.489. The molecule has 8 heteroatoms. The van der Waals surface area contributed by atoms with Crippen molar-refractivity contribution < 1.29 is 31.1 Å². The fraction of sp³-hybridized carbons (Fsp3) is 0.458. The number of hydrogen-bond acceptors (Lipinski definition) is 2. The average molecular weight is 458 g/mol. The van der Waals surface area contributed by atoms with E-state index in [0.29, 0.717) is 17.9 Å². The molecule has 2 nitrogen and oxygen atoms in total. The average Bonchev–Trinajstić information content (AvgIpc) is 2.72. The smallest absolute Gasteiger partial charge is 0.416 e. The highest BCUT2D eigenvalue weighted by atomic mass is 19.4. The third-order valence-electron chi connectivity index (χ3n) is 6.11. The van der Waals surface area contributed by atoms with Crippen molar-refractivity contribution in [2.45, 2.75) is 56.5 Å². The first-order valence-corrected chi connectivity index (χ1v) is 10.4. The summed E-state index contributed by atoms with van der Waals surface area (Å²) in [6.07, 6.45) is -7.20. The maximum absolute atomic E-state index is 13.4. The number of alkyl halides is 6. The Morgan fingerprint density at radius 3 is 2.09 bits per heavy atom. The number of ether oxygens (including phenoxy) is 1. The molecule has 0 N–H and O–H groups in total. The van der Waals surface area contributed by atoms with Gasteiger partial charge < -0.3 is 4.74 Å². The van der Waals surface area contributed by atoms with E-state index in [-0.39, 0.29) is 24.1 Å². The first-order valence-electron chi connectivity index (χ1n) is 10.4. The first kappa shape index (κ1) is 24.4. The molecule has 2 atom stereocenters. The molecule has 1 radical (unpaired) electrons. The highest BCUT2D eigenvalue weighted by Crippen LogP contribution is 2.43. The monoisotopic (exact) mass is 458 g/mol. The predicted molar refractivity (Wildman–Crippen MR) is 110 cm³/mol. The number of rotatable bonds is 5. The van der Waals surface area contributed by atoms with E-state index in [1.807, 2.05) is 6.92 Å². The lowest BCUT2D eigenvalue weighted by atomic mass is 9.80. The Morgan fingerprint density at radius 1 is 0.969 bits per heavy atom. The normalized spacial score (nSPS) is 20.1. The Kier molecular flexibility index (Phi) is 6.84. The van der Waals surface area contributed by atoms with Crippen molar-refractivity contribution in [3.8, 4) is 5.75 Å². The van der Waals surface area contributed by atoms with Gasteiger partial charge in [-0.1, -0.05) is 24.6 Å². The van der Waals surface area contributed by atoms with Crippen LogP contribution < -0.4 is 4.74 Å². The van der Waals surface area contributed by atoms with Crippen LogP contribution in [0.5, 0.6) is 5.75 Å². The Bertz CT molecular complexity index is 907. The minimum atomic E-state index is -4.90. The van der Waals surface area contributed by atoms with Crippen LogP contribution in [0.1, 0.15) is 48.4 Å². The van der Waals surface area contributed by atoms with Gasteiger partial charge in [-0.25, -0.2) is 0 Å². The second-order valence-electron chi connectivity index (χ2n) is 8.36. The number of nitrogens with zero attached hydrogens (tertiary/aromatic N) is 1. The van der Waals surface area contributed by atoms with Crippen LogP contribution in [0.3, 0.4) is 0 Å². The van der Waals surface area contributed by atoms with Crippen molar-refractivity contribution in [2.75, 3.05) is 13.7 Å². The highest BCUT2D eigenvalue weighted by Gasteiger charge is 2.42. The molecule has 1 saturated heterocycles. The number of methoxy groups -OCH3 is 1. The van der Waals surface area contributed by atoms with E-state index in [0.717, 1.165) is 31.4 Å². The van der Waals surface area contributed by atoms with Crippen LogP contribution in [0.2, 0.25) is 0 Å². The van der Waals surface area contributed by atoms with E-state index in [2.05, 4.69) is 11.8 Å². The summed E-state index contributed by atoms with van der Waals surface area (Å²) in [6.45, 7) is 7.02. The minimum absolute atomic E-state index is 0.0547. The quantitative estimate of drug-likeness (QED) is 0.453. The second-order valence-corrected chi connectivity index (χ2v) is 8.36. The number of hydrogen-bond donors (Lipinski definition) is 0. The third-order valence-corrected chi connectivity index (χ3v) is 6.11. The van der Waals surface area contributed by atoms with Crippen molar-refractivity contribution in [2.24, 2.45) is 0 Å². The molecule has 1 aliphatic heterocycles. The molecular weight excluding hydrogens is 432 g/mol. The standard InChI is InChI=1S/C24H26F6NO/c1-16-8-6-7-11-31(16)22(2,20-9-4-5-10-21(20)32-3)15-17-12-18(23(25,26)27)14-19(13-17)24(28,29)30/h4-5,9-10,12-14,16H,2,6-8,11,15H2,1,3H3. The summed E-state index contributed by atoms with van der Waals surface area (Å²) in [6, 6.07) is 8.80. The SMILES string of the molecule is [CH2]C(Cc1cc(C(F)(F)F)cc(C(F)(F)F)c1)(c1ccccc1OC)N1CCCCC1C. The van der Waals surface area contributed by atoms with Crippen molar-refractivity contribution in [1.29, 1.82) is 0 Å². The lowest BCUT2D eigenvalue weighted by Gasteiger charge is -2.48. The molecule has 1 heterocycles. The second kappa shape index (κ2) is 8.96. The molecule has 0 bridgehead atoms. The molecule has 3 rings (SSSR count). The van der Waals surface area contributed by atoms with Gasteiger partial charge in [0.15, 0.2) is 0 Å². The summed E-state index contributed by atoms with van der Waals surface area (Å²) in [5, 5.41) is 0. The molecule has 2 aromatic carbocycles. The Hall–Kier alpha value is -2.22. The van der Waals surface area contributed by atoms with Gasteiger partial charge >= 0.3 is 12.4 Å². The lowest BCUT2D eigenvalue weighted by molar-refractivity contribution is -0.143. The lowest BCUT2D eigenvalue weighted by Crippen LogP contribution is -2.52. The Labute approximate surface area is 184 Å². The van der Waals surface area contributed by atoms with Crippen LogP contribution >= 0.6 is 0 Å². The van der Waals surface area contributed by atoms with Gasteiger partial charge in [0.2, 0.25) is 0 Å². The Balaban J connectivity index is 2.17. The van der Waals surface area contributed by atoms with Gasteiger partial charge in [-0.15, -0.1) is 0 Å². The summed E-state index contributed by atoms with van der Waals surface area (Å²) >= 11 is 0. The number of halogens is 6. The molecule has 1 aliphatic rings. The van der Waals surface area contributed by atoms with Crippen LogP contribution in [0.25, 0.3) is 0 Å². The van der Waals surface area contributed by atoms with Crippen molar-refractivity contribution in [1.82, 2.24) is 4.90 Å². The van der Waals surface area contributed by atoms with Gasteiger partial charge in [0, 0.05) is 11.6 Å². The molecule has 2 aromatic rings. The molecular formula is C24H26F6NO. The molecule has 0 aromatic heterocycles. The van der Waals surface area contributed by atoms with Crippen molar-refractivity contribution in [3.63, 3.8) is 0 Å². The Morgan fingerprint density at radius 2 is 1.56 bits per heavy atom. The van der Waals surface area contributed by atoms with E-state index < -0.39 is 29.0 Å². The largest absolute Gasteiger partial charge is 0.496 e. The number of para-hydroxylation sites is 1. The van der Waals surface area contributed by atoms with Crippen LogP contribution in [0, 0.1) is 6.92 Å². The number of likely N-dealkylation sites (tertiary alicyclic amines) is 1. The van der Waals surface area contributed by atoms with E-state index in [1.165, 1.54) is 7.11 Å². The molecule has 32 heavy (non-hydrogen) atoms. The maximum atomic E-state index is 13.4. The number of piperidine rings is 1. The van der Waals surface area contributed by atoms with E-state index in [4.69, 9.17) is 4.74 Å². The van der Waals surface area contributed by atoms with Crippen LogP contribution in [0.4, 0.5) is 26.3 Å². The van der Waals surface area contributed by atoms with Crippen LogP contribution in [-0.4, -0.2) is 24.6 Å². The molecule has 0 spiro atoms. The maximum Gasteiger partial charge on any atom is 0.416 e. The van der Waals surface area contributed by atoms with Gasteiger partial charge in [0.25, 0.3) is 0 Å². The van der Waals surface area contributed by atoms with E-state index in [1.54, 1.807) is 24.3 Å². The van der Waals surface area contributed by atoms with Crippen molar-refractivity contribution in [3.05, 3.63) is 71.6 Å². The molecule has 0 saturated carbocycles. The third kappa shape index (κ3) is 5.05. The zero-order valence-corrected chi connectivity index (χ0v) is 18.0. The predicted octanol–water partition coefficient (Wildman–Crippen LogP) is 6.88. The number of benzene rings is 2.